The lowest BCUT2D eigenvalue weighted by Crippen LogP contribution is -2.32. The second-order valence-electron chi connectivity index (χ2n) is 5.06. The summed E-state index contributed by atoms with van der Waals surface area (Å²) in [6, 6.07) is 0. The molecule has 1 aromatic heterocycles. The Morgan fingerprint density at radius 2 is 2.00 bits per heavy atom. The van der Waals surface area contributed by atoms with E-state index < -0.39 is 30.1 Å². The molecule has 0 bridgehead atoms. The Bertz CT molecular complexity index is 531. The van der Waals surface area contributed by atoms with Crippen LogP contribution in [0.2, 0.25) is 0 Å². The van der Waals surface area contributed by atoms with Gasteiger partial charge in [-0.05, 0) is 20.8 Å². The van der Waals surface area contributed by atoms with E-state index in [1.165, 1.54) is 0 Å². The molecule has 0 aliphatic carbocycles. The number of oxazole rings is 1. The molecule has 0 atom stereocenters. The van der Waals surface area contributed by atoms with Crippen molar-refractivity contribution in [3.8, 4) is 0 Å². The van der Waals surface area contributed by atoms with Crippen LogP contribution in [-0.2, 0) is 16.1 Å². The van der Waals surface area contributed by atoms with Gasteiger partial charge in [-0.3, -0.25) is 9.59 Å². The van der Waals surface area contributed by atoms with E-state index in [-0.39, 0.29) is 18.1 Å². The Kier molecular flexibility index (Phi) is 5.28. The van der Waals surface area contributed by atoms with Crippen molar-refractivity contribution in [2.24, 2.45) is 0 Å². The van der Waals surface area contributed by atoms with Gasteiger partial charge in [-0.2, -0.15) is 0 Å². The minimum absolute atomic E-state index is 0.0544. The normalized spacial score (nSPS) is 10.8. The van der Waals surface area contributed by atoms with Gasteiger partial charge in [0.1, 0.15) is 18.4 Å². The maximum atomic E-state index is 11.5. The fourth-order valence-electron chi connectivity index (χ4n) is 1.20. The second kappa shape index (κ2) is 6.73. The highest BCUT2D eigenvalue weighted by Crippen LogP contribution is 2.07. The second-order valence-corrected chi connectivity index (χ2v) is 5.06. The van der Waals surface area contributed by atoms with Crippen molar-refractivity contribution in [2.45, 2.75) is 32.9 Å². The molecule has 2 amide bonds. The highest BCUT2D eigenvalue weighted by molar-refractivity contribution is 5.93. The molecular formula is C12H17N3O6. The number of nitrogens with zero attached hydrogens (tertiary/aromatic N) is 1. The maximum Gasteiger partial charge on any atom is 0.408 e. The Labute approximate surface area is 120 Å². The van der Waals surface area contributed by atoms with Crippen molar-refractivity contribution in [3.63, 3.8) is 0 Å². The lowest BCUT2D eigenvalue weighted by Gasteiger charge is -2.19. The summed E-state index contributed by atoms with van der Waals surface area (Å²) in [5, 5.41) is 13.0. The third kappa shape index (κ3) is 6.41. The molecular weight excluding hydrogens is 282 g/mol. The summed E-state index contributed by atoms with van der Waals surface area (Å²) >= 11 is 0. The van der Waals surface area contributed by atoms with Gasteiger partial charge in [0.05, 0.1) is 6.54 Å². The molecule has 1 rings (SSSR count). The number of carboxylic acid groups (broad SMARTS) is 1. The first-order chi connectivity index (χ1) is 9.67. The van der Waals surface area contributed by atoms with Crippen molar-refractivity contribution < 1.29 is 28.6 Å². The van der Waals surface area contributed by atoms with E-state index in [0.717, 1.165) is 6.26 Å². The summed E-state index contributed by atoms with van der Waals surface area (Å²) in [5.74, 6) is -1.75. The summed E-state index contributed by atoms with van der Waals surface area (Å²) in [6.07, 6.45) is 0.432. The summed E-state index contributed by atoms with van der Waals surface area (Å²) in [6.45, 7) is 4.60. The quantitative estimate of drug-likeness (QED) is 0.722. The van der Waals surface area contributed by atoms with Gasteiger partial charge >= 0.3 is 12.1 Å². The number of carbonyl (C=O) groups excluding carboxylic acids is 2. The topological polar surface area (TPSA) is 131 Å². The van der Waals surface area contributed by atoms with E-state index in [1.807, 2.05) is 0 Å². The SMILES string of the molecule is CC(C)(C)OC(=O)NCc1nc(C(=O)NCC(=O)O)co1. The van der Waals surface area contributed by atoms with Crippen LogP contribution >= 0.6 is 0 Å². The number of hydrogen-bond acceptors (Lipinski definition) is 6. The first-order valence-corrected chi connectivity index (χ1v) is 6.08. The number of alkyl carbamates (subject to hydrolysis) is 1. The molecule has 0 aliphatic heterocycles. The van der Waals surface area contributed by atoms with E-state index in [9.17, 15) is 14.4 Å². The zero-order chi connectivity index (χ0) is 16.0. The Morgan fingerprint density at radius 3 is 2.57 bits per heavy atom. The Balaban J connectivity index is 2.47. The predicted octanol–water partition coefficient (Wildman–Crippen LogP) is 0.514. The number of amides is 2. The molecule has 1 heterocycles. The van der Waals surface area contributed by atoms with E-state index >= 15 is 0 Å². The van der Waals surface area contributed by atoms with Crippen LogP contribution < -0.4 is 10.6 Å². The van der Waals surface area contributed by atoms with Crippen molar-refractivity contribution in [2.75, 3.05) is 6.54 Å². The van der Waals surface area contributed by atoms with Crippen molar-refractivity contribution in [1.82, 2.24) is 15.6 Å². The molecule has 3 N–H and O–H groups in total. The summed E-state index contributed by atoms with van der Waals surface area (Å²) < 4.78 is 10.00. The number of hydrogen-bond donors (Lipinski definition) is 3. The highest BCUT2D eigenvalue weighted by Gasteiger charge is 2.17. The lowest BCUT2D eigenvalue weighted by molar-refractivity contribution is -0.135. The number of nitrogens with one attached hydrogen (secondary N) is 2. The zero-order valence-corrected chi connectivity index (χ0v) is 11.9. The number of carboxylic acids is 1. The van der Waals surface area contributed by atoms with Gasteiger partial charge in [0.25, 0.3) is 5.91 Å². The van der Waals surface area contributed by atoms with Gasteiger partial charge in [0.2, 0.25) is 5.89 Å². The van der Waals surface area contributed by atoms with Crippen LogP contribution in [0.1, 0.15) is 37.2 Å². The number of carbonyl (C=O) groups is 3. The third-order valence-electron chi connectivity index (χ3n) is 1.97. The molecule has 0 radical (unpaired) electrons. The Morgan fingerprint density at radius 1 is 1.33 bits per heavy atom. The number of aromatic nitrogens is 1. The van der Waals surface area contributed by atoms with Crippen LogP contribution in [0.4, 0.5) is 4.79 Å². The first kappa shape index (κ1) is 16.5. The largest absolute Gasteiger partial charge is 0.480 e. The molecule has 0 saturated carbocycles. The van der Waals surface area contributed by atoms with Gasteiger partial charge in [-0.25, -0.2) is 9.78 Å². The van der Waals surface area contributed by atoms with Crippen LogP contribution in [0.3, 0.4) is 0 Å². The van der Waals surface area contributed by atoms with Gasteiger partial charge in [-0.15, -0.1) is 0 Å². The third-order valence-corrected chi connectivity index (χ3v) is 1.97. The van der Waals surface area contributed by atoms with Crippen LogP contribution in [0.15, 0.2) is 10.7 Å². The van der Waals surface area contributed by atoms with Crippen LogP contribution in [0.5, 0.6) is 0 Å². The monoisotopic (exact) mass is 299 g/mol. The maximum absolute atomic E-state index is 11.5. The Hall–Kier alpha value is -2.58. The van der Waals surface area contributed by atoms with E-state index in [4.69, 9.17) is 14.3 Å². The van der Waals surface area contributed by atoms with Crippen LogP contribution in [0.25, 0.3) is 0 Å². The number of ether oxygens (including phenoxy) is 1. The molecule has 0 spiro atoms. The molecule has 0 aliphatic rings. The average Bonchev–Trinajstić information content (AvgIpc) is 2.80. The molecule has 0 aromatic carbocycles. The van der Waals surface area contributed by atoms with Gasteiger partial charge in [0.15, 0.2) is 5.69 Å². The lowest BCUT2D eigenvalue weighted by atomic mass is 10.2. The molecule has 21 heavy (non-hydrogen) atoms. The minimum atomic E-state index is -1.17. The van der Waals surface area contributed by atoms with Gasteiger partial charge < -0.3 is 24.9 Å². The predicted molar refractivity (Wildman–Crippen MR) is 69.5 cm³/mol. The van der Waals surface area contributed by atoms with Crippen LogP contribution in [0, 0.1) is 0 Å². The first-order valence-electron chi connectivity index (χ1n) is 6.08. The smallest absolute Gasteiger partial charge is 0.408 e. The highest BCUT2D eigenvalue weighted by atomic mass is 16.6. The molecule has 116 valence electrons. The molecule has 0 fully saturated rings. The van der Waals surface area contributed by atoms with E-state index in [2.05, 4.69) is 15.6 Å². The molecule has 9 nitrogen and oxygen atoms in total. The molecule has 9 heteroatoms. The van der Waals surface area contributed by atoms with Crippen molar-refractivity contribution >= 4 is 18.0 Å². The fourth-order valence-corrected chi connectivity index (χ4v) is 1.20. The summed E-state index contributed by atoms with van der Waals surface area (Å²) in [5.41, 5.74) is -0.694. The van der Waals surface area contributed by atoms with Gasteiger partial charge in [0, 0.05) is 0 Å². The average molecular weight is 299 g/mol. The molecule has 0 saturated heterocycles. The molecule has 1 aromatic rings. The van der Waals surface area contributed by atoms with E-state index in [0.29, 0.717) is 0 Å². The molecule has 0 unspecified atom stereocenters. The van der Waals surface area contributed by atoms with Crippen molar-refractivity contribution in [3.05, 3.63) is 17.8 Å². The number of aliphatic carboxylic acids is 1. The minimum Gasteiger partial charge on any atom is -0.480 e. The van der Waals surface area contributed by atoms with Gasteiger partial charge in [-0.1, -0.05) is 0 Å². The summed E-state index contributed by atoms with van der Waals surface area (Å²) in [4.78, 5) is 37.0. The zero-order valence-electron chi connectivity index (χ0n) is 11.9. The standard InChI is InChI=1S/C12H17N3O6/c1-12(2,3)21-11(19)14-4-8-15-7(6-20-8)10(18)13-5-9(16)17/h6H,4-5H2,1-3H3,(H,13,18)(H,14,19)(H,16,17). The summed E-state index contributed by atoms with van der Waals surface area (Å²) in [7, 11) is 0. The fraction of sp³-hybridized carbons (Fsp3) is 0.500. The van der Waals surface area contributed by atoms with E-state index in [1.54, 1.807) is 20.8 Å². The van der Waals surface area contributed by atoms with Crippen molar-refractivity contribution in [1.29, 1.82) is 0 Å². The van der Waals surface area contributed by atoms with Crippen LogP contribution in [-0.4, -0.2) is 40.2 Å². The number of rotatable bonds is 5.